The lowest BCUT2D eigenvalue weighted by molar-refractivity contribution is -0.163. The Morgan fingerprint density at radius 1 is 1.44 bits per heavy atom. The summed E-state index contributed by atoms with van der Waals surface area (Å²) in [6.07, 6.45) is -5.99. The quantitative estimate of drug-likeness (QED) is 0.887. The normalized spacial score (nSPS) is 13.1. The second-order valence-electron chi connectivity index (χ2n) is 3.91. The minimum absolute atomic E-state index is 0.175. The topological polar surface area (TPSA) is 46.5 Å². The molecule has 0 saturated carbocycles. The second kappa shape index (κ2) is 5.75. The van der Waals surface area contributed by atoms with Crippen LogP contribution in [-0.2, 0) is 11.2 Å². The van der Waals surface area contributed by atoms with E-state index in [9.17, 15) is 18.0 Å². The van der Waals surface area contributed by atoms with E-state index in [1.807, 2.05) is 0 Å². The number of aliphatic carboxylic acids is 1. The summed E-state index contributed by atoms with van der Waals surface area (Å²) in [6.45, 7) is 0. The van der Waals surface area contributed by atoms with E-state index in [1.165, 1.54) is 13.2 Å². The lowest BCUT2D eigenvalue weighted by Crippen LogP contribution is -2.24. The average Bonchev–Trinajstić information content (AvgIpc) is 2.26. The number of methoxy groups -OCH3 is 1. The van der Waals surface area contributed by atoms with Gasteiger partial charge in [-0.1, -0.05) is 12.1 Å². The van der Waals surface area contributed by atoms with Gasteiger partial charge < -0.3 is 9.84 Å². The third kappa shape index (κ3) is 4.65. The first kappa shape index (κ1) is 14.3. The van der Waals surface area contributed by atoms with Crippen LogP contribution in [0.3, 0.4) is 0 Å². The fourth-order valence-corrected chi connectivity index (χ4v) is 1.61. The van der Waals surface area contributed by atoms with Crippen LogP contribution in [0, 0.1) is 5.92 Å². The lowest BCUT2D eigenvalue weighted by atomic mass is 9.96. The van der Waals surface area contributed by atoms with Crippen molar-refractivity contribution in [3.05, 3.63) is 29.8 Å². The Hall–Kier alpha value is -1.72. The van der Waals surface area contributed by atoms with Gasteiger partial charge in [-0.05, 0) is 24.1 Å². The minimum atomic E-state index is -4.48. The predicted octanol–water partition coefficient (Wildman–Crippen LogP) is 2.89. The Kier molecular flexibility index (Phi) is 4.58. The highest BCUT2D eigenvalue weighted by Crippen LogP contribution is 2.27. The van der Waals surface area contributed by atoms with E-state index in [0.717, 1.165) is 0 Å². The summed E-state index contributed by atoms with van der Waals surface area (Å²) < 4.78 is 41.6. The zero-order valence-corrected chi connectivity index (χ0v) is 9.70. The number of rotatable bonds is 5. The van der Waals surface area contributed by atoms with Crippen LogP contribution >= 0.6 is 0 Å². The summed E-state index contributed by atoms with van der Waals surface area (Å²) in [5.74, 6) is -2.43. The van der Waals surface area contributed by atoms with Crippen molar-refractivity contribution < 1.29 is 27.8 Å². The molecular formula is C12H13F3O3. The molecule has 0 fully saturated rings. The molecule has 0 aliphatic carbocycles. The fraction of sp³-hybridized carbons (Fsp3) is 0.417. The van der Waals surface area contributed by atoms with Gasteiger partial charge in [0, 0.05) is 0 Å². The molecule has 1 atom stereocenters. The Morgan fingerprint density at radius 2 is 2.11 bits per heavy atom. The van der Waals surface area contributed by atoms with Gasteiger partial charge in [-0.3, -0.25) is 4.79 Å². The molecule has 1 unspecified atom stereocenters. The molecule has 0 aliphatic rings. The summed E-state index contributed by atoms with van der Waals surface area (Å²) in [5, 5.41) is 8.79. The molecule has 0 aliphatic heterocycles. The smallest absolute Gasteiger partial charge is 0.389 e. The molecule has 18 heavy (non-hydrogen) atoms. The average molecular weight is 262 g/mol. The number of carbonyl (C=O) groups is 1. The molecule has 0 saturated heterocycles. The van der Waals surface area contributed by atoms with Gasteiger partial charge in [-0.2, -0.15) is 13.2 Å². The number of carboxylic acid groups (broad SMARTS) is 1. The summed E-state index contributed by atoms with van der Waals surface area (Å²) in [6, 6.07) is 6.37. The third-order valence-electron chi connectivity index (χ3n) is 2.44. The molecule has 0 aromatic heterocycles. The molecule has 0 spiro atoms. The Bertz CT molecular complexity index is 415. The number of carboxylic acids is 1. The van der Waals surface area contributed by atoms with Gasteiger partial charge in [-0.15, -0.1) is 0 Å². The molecule has 1 aromatic carbocycles. The first-order chi connectivity index (χ1) is 8.31. The summed E-state index contributed by atoms with van der Waals surface area (Å²) in [5.41, 5.74) is 0.506. The zero-order chi connectivity index (χ0) is 13.8. The van der Waals surface area contributed by atoms with Crippen LogP contribution in [-0.4, -0.2) is 24.4 Å². The molecule has 0 radical (unpaired) electrons. The molecule has 6 heteroatoms. The highest BCUT2D eigenvalue weighted by Gasteiger charge is 2.35. The number of hydrogen-bond acceptors (Lipinski definition) is 2. The van der Waals surface area contributed by atoms with E-state index in [2.05, 4.69) is 0 Å². The van der Waals surface area contributed by atoms with E-state index in [1.54, 1.807) is 18.2 Å². The lowest BCUT2D eigenvalue weighted by Gasteiger charge is -2.15. The maximum absolute atomic E-state index is 12.2. The fourth-order valence-electron chi connectivity index (χ4n) is 1.61. The molecular weight excluding hydrogens is 249 g/mol. The van der Waals surface area contributed by atoms with Crippen molar-refractivity contribution >= 4 is 5.97 Å². The molecule has 100 valence electrons. The SMILES string of the molecule is COc1cccc(CC(CC(F)(F)F)C(=O)O)c1. The molecule has 1 aromatic rings. The van der Waals surface area contributed by atoms with Crippen LogP contribution in [0.15, 0.2) is 24.3 Å². The highest BCUT2D eigenvalue weighted by molar-refractivity contribution is 5.70. The Morgan fingerprint density at radius 3 is 2.61 bits per heavy atom. The van der Waals surface area contributed by atoms with Gasteiger partial charge in [0.25, 0.3) is 0 Å². The van der Waals surface area contributed by atoms with Gasteiger partial charge in [0.05, 0.1) is 19.4 Å². The van der Waals surface area contributed by atoms with E-state index in [4.69, 9.17) is 9.84 Å². The monoisotopic (exact) mass is 262 g/mol. The van der Waals surface area contributed by atoms with E-state index >= 15 is 0 Å². The Labute approximate surface area is 102 Å². The zero-order valence-electron chi connectivity index (χ0n) is 9.70. The highest BCUT2D eigenvalue weighted by atomic mass is 19.4. The van der Waals surface area contributed by atoms with Crippen molar-refractivity contribution in [3.63, 3.8) is 0 Å². The molecule has 3 nitrogen and oxygen atoms in total. The molecule has 0 bridgehead atoms. The van der Waals surface area contributed by atoms with Crippen LogP contribution < -0.4 is 4.74 Å². The van der Waals surface area contributed by atoms with Crippen LogP contribution in [0.4, 0.5) is 13.2 Å². The maximum Gasteiger partial charge on any atom is 0.389 e. The van der Waals surface area contributed by atoms with Gasteiger partial charge in [0.1, 0.15) is 5.75 Å². The number of halogens is 3. The minimum Gasteiger partial charge on any atom is -0.497 e. The molecule has 1 rings (SSSR count). The van der Waals surface area contributed by atoms with Crippen LogP contribution in [0.5, 0.6) is 5.75 Å². The molecule has 0 heterocycles. The van der Waals surface area contributed by atoms with E-state index in [0.29, 0.717) is 11.3 Å². The van der Waals surface area contributed by atoms with Crippen LogP contribution in [0.25, 0.3) is 0 Å². The first-order valence-electron chi connectivity index (χ1n) is 5.24. The number of alkyl halides is 3. The molecule has 1 N–H and O–H groups in total. The van der Waals surface area contributed by atoms with E-state index in [-0.39, 0.29) is 6.42 Å². The predicted molar refractivity (Wildman–Crippen MR) is 58.5 cm³/mol. The van der Waals surface area contributed by atoms with Gasteiger partial charge >= 0.3 is 12.1 Å². The Balaban J connectivity index is 2.80. The van der Waals surface area contributed by atoms with Crippen LogP contribution in [0.2, 0.25) is 0 Å². The van der Waals surface area contributed by atoms with E-state index < -0.39 is 24.5 Å². The van der Waals surface area contributed by atoms with Crippen molar-refractivity contribution in [2.24, 2.45) is 5.92 Å². The van der Waals surface area contributed by atoms with Crippen molar-refractivity contribution in [3.8, 4) is 5.75 Å². The summed E-state index contributed by atoms with van der Waals surface area (Å²) in [4.78, 5) is 10.8. The van der Waals surface area contributed by atoms with Crippen molar-refractivity contribution in [1.82, 2.24) is 0 Å². The largest absolute Gasteiger partial charge is 0.497 e. The standard InChI is InChI=1S/C12H13F3O3/c1-18-10-4-2-3-8(6-10)5-9(11(16)17)7-12(13,14)15/h2-4,6,9H,5,7H2,1H3,(H,16,17). The van der Waals surface area contributed by atoms with Gasteiger partial charge in [-0.25, -0.2) is 0 Å². The van der Waals surface area contributed by atoms with Crippen LogP contribution in [0.1, 0.15) is 12.0 Å². The number of hydrogen-bond donors (Lipinski definition) is 1. The number of ether oxygens (including phenoxy) is 1. The van der Waals surface area contributed by atoms with Gasteiger partial charge in [0.2, 0.25) is 0 Å². The third-order valence-corrected chi connectivity index (χ3v) is 2.44. The van der Waals surface area contributed by atoms with Crippen molar-refractivity contribution in [2.75, 3.05) is 7.11 Å². The number of benzene rings is 1. The van der Waals surface area contributed by atoms with Gasteiger partial charge in [0.15, 0.2) is 0 Å². The van der Waals surface area contributed by atoms with Crippen molar-refractivity contribution in [2.45, 2.75) is 19.0 Å². The molecule has 0 amide bonds. The first-order valence-corrected chi connectivity index (χ1v) is 5.24. The summed E-state index contributed by atoms with van der Waals surface area (Å²) in [7, 11) is 1.43. The second-order valence-corrected chi connectivity index (χ2v) is 3.91. The summed E-state index contributed by atoms with van der Waals surface area (Å²) >= 11 is 0. The van der Waals surface area contributed by atoms with Crippen molar-refractivity contribution in [1.29, 1.82) is 0 Å². The maximum atomic E-state index is 12.2.